The molecular formula is C13H20N2O2S. The molecule has 5 heteroatoms. The van der Waals surface area contributed by atoms with E-state index in [1.165, 1.54) is 4.31 Å². The summed E-state index contributed by atoms with van der Waals surface area (Å²) in [7, 11) is -1.65. The fourth-order valence-corrected chi connectivity index (χ4v) is 3.57. The lowest BCUT2D eigenvalue weighted by Crippen LogP contribution is -2.37. The number of nitrogens with zero attached hydrogens (tertiary/aromatic N) is 1. The van der Waals surface area contributed by atoms with E-state index in [1.54, 1.807) is 31.3 Å². The number of rotatable bonds is 4. The van der Waals surface area contributed by atoms with Crippen LogP contribution in [0.5, 0.6) is 0 Å². The van der Waals surface area contributed by atoms with E-state index < -0.39 is 10.0 Å². The Morgan fingerprint density at radius 3 is 2.44 bits per heavy atom. The summed E-state index contributed by atoms with van der Waals surface area (Å²) in [5.74, 6) is 0.467. The molecule has 4 nitrogen and oxygen atoms in total. The molecule has 0 saturated carbocycles. The average molecular weight is 268 g/mol. The van der Waals surface area contributed by atoms with Gasteiger partial charge in [-0.15, -0.1) is 0 Å². The van der Waals surface area contributed by atoms with Crippen LogP contribution >= 0.6 is 0 Å². The van der Waals surface area contributed by atoms with Crippen molar-refractivity contribution < 1.29 is 8.42 Å². The molecule has 1 aliphatic heterocycles. The van der Waals surface area contributed by atoms with Crippen LogP contribution in [0.25, 0.3) is 0 Å². The summed E-state index contributed by atoms with van der Waals surface area (Å²) in [6.45, 7) is 2.59. The van der Waals surface area contributed by atoms with Crippen LogP contribution in [0, 0.1) is 5.92 Å². The number of benzene rings is 1. The lowest BCUT2D eigenvalue weighted by atomic mass is 9.98. The van der Waals surface area contributed by atoms with Gasteiger partial charge in [0.1, 0.15) is 0 Å². The predicted molar refractivity (Wildman–Crippen MR) is 71.9 cm³/mol. The predicted octanol–water partition coefficient (Wildman–Crippen LogP) is 1.31. The molecule has 0 bridgehead atoms. The Morgan fingerprint density at radius 1 is 1.22 bits per heavy atom. The first-order valence-corrected chi connectivity index (χ1v) is 7.77. The van der Waals surface area contributed by atoms with Crippen molar-refractivity contribution in [2.24, 2.45) is 5.92 Å². The lowest BCUT2D eigenvalue weighted by Gasteiger charge is -2.27. The first kappa shape index (κ1) is 13.5. The summed E-state index contributed by atoms with van der Waals surface area (Å²) in [5, 5.41) is 3.29. The van der Waals surface area contributed by atoms with E-state index in [2.05, 4.69) is 5.32 Å². The number of hydrogen-bond donors (Lipinski definition) is 1. The number of nitrogens with one attached hydrogen (secondary N) is 1. The molecule has 2 rings (SSSR count). The van der Waals surface area contributed by atoms with Crippen molar-refractivity contribution in [3.8, 4) is 0 Å². The van der Waals surface area contributed by atoms with Crippen molar-refractivity contribution in [3.63, 3.8) is 0 Å². The van der Waals surface area contributed by atoms with Crippen LogP contribution < -0.4 is 5.32 Å². The maximum absolute atomic E-state index is 12.3. The molecule has 0 spiro atoms. The van der Waals surface area contributed by atoms with Gasteiger partial charge in [0.05, 0.1) is 4.90 Å². The minimum Gasteiger partial charge on any atom is -0.317 e. The van der Waals surface area contributed by atoms with Crippen LogP contribution in [-0.2, 0) is 10.0 Å². The molecule has 0 aliphatic carbocycles. The highest BCUT2D eigenvalue weighted by atomic mass is 32.2. The SMILES string of the molecule is CN(CC1CCNCC1)S(=O)(=O)c1ccccc1. The van der Waals surface area contributed by atoms with Crippen LogP contribution in [0.15, 0.2) is 35.2 Å². The molecule has 1 N–H and O–H groups in total. The van der Waals surface area contributed by atoms with Gasteiger partial charge in [-0.05, 0) is 44.0 Å². The Labute approximate surface area is 109 Å². The van der Waals surface area contributed by atoms with E-state index >= 15 is 0 Å². The molecule has 1 aliphatic rings. The molecular weight excluding hydrogens is 248 g/mol. The molecule has 0 aromatic heterocycles. The standard InChI is InChI=1S/C13H20N2O2S/c1-15(11-12-7-9-14-10-8-12)18(16,17)13-5-3-2-4-6-13/h2-6,12,14H,7-11H2,1H3. The van der Waals surface area contributed by atoms with Crippen LogP contribution in [0.3, 0.4) is 0 Å². The summed E-state index contributed by atoms with van der Waals surface area (Å²) in [4.78, 5) is 0.376. The smallest absolute Gasteiger partial charge is 0.242 e. The highest BCUT2D eigenvalue weighted by molar-refractivity contribution is 7.89. The number of hydrogen-bond acceptors (Lipinski definition) is 3. The molecule has 1 saturated heterocycles. The third kappa shape index (κ3) is 3.10. The first-order chi connectivity index (χ1) is 8.60. The molecule has 1 aromatic carbocycles. The molecule has 0 atom stereocenters. The average Bonchev–Trinajstić information content (AvgIpc) is 2.41. The first-order valence-electron chi connectivity index (χ1n) is 6.33. The lowest BCUT2D eigenvalue weighted by molar-refractivity contribution is 0.311. The van der Waals surface area contributed by atoms with Crippen molar-refractivity contribution >= 4 is 10.0 Å². The van der Waals surface area contributed by atoms with Crippen molar-refractivity contribution in [3.05, 3.63) is 30.3 Å². The largest absolute Gasteiger partial charge is 0.317 e. The second-order valence-corrected chi connectivity index (χ2v) is 6.84. The topological polar surface area (TPSA) is 49.4 Å². The van der Waals surface area contributed by atoms with Gasteiger partial charge in [-0.1, -0.05) is 18.2 Å². The van der Waals surface area contributed by atoms with Gasteiger partial charge in [-0.3, -0.25) is 0 Å². The van der Waals surface area contributed by atoms with Crippen molar-refractivity contribution in [1.82, 2.24) is 9.62 Å². The molecule has 100 valence electrons. The highest BCUT2D eigenvalue weighted by Crippen LogP contribution is 2.18. The summed E-state index contributed by atoms with van der Waals surface area (Å²) >= 11 is 0. The van der Waals surface area contributed by atoms with Gasteiger partial charge >= 0.3 is 0 Å². The fourth-order valence-electron chi connectivity index (χ4n) is 2.30. The minimum atomic E-state index is -3.33. The van der Waals surface area contributed by atoms with E-state index in [-0.39, 0.29) is 0 Å². The fraction of sp³-hybridized carbons (Fsp3) is 0.538. The van der Waals surface area contributed by atoms with Gasteiger partial charge < -0.3 is 5.32 Å². The Hall–Kier alpha value is -0.910. The van der Waals surface area contributed by atoms with Crippen LogP contribution in [0.4, 0.5) is 0 Å². The summed E-state index contributed by atoms with van der Waals surface area (Å²) in [5.41, 5.74) is 0. The van der Waals surface area contributed by atoms with Crippen molar-refractivity contribution in [2.75, 3.05) is 26.7 Å². The second kappa shape index (κ2) is 5.82. The van der Waals surface area contributed by atoms with E-state index in [0.717, 1.165) is 25.9 Å². The molecule has 1 heterocycles. The zero-order valence-corrected chi connectivity index (χ0v) is 11.5. The molecule has 0 unspecified atom stereocenters. The van der Waals surface area contributed by atoms with E-state index in [9.17, 15) is 8.42 Å². The van der Waals surface area contributed by atoms with Crippen LogP contribution in [0.2, 0.25) is 0 Å². The maximum Gasteiger partial charge on any atom is 0.242 e. The quantitative estimate of drug-likeness (QED) is 0.895. The van der Waals surface area contributed by atoms with Gasteiger partial charge in [-0.2, -0.15) is 0 Å². The summed E-state index contributed by atoms with van der Waals surface area (Å²) in [6, 6.07) is 8.63. The summed E-state index contributed by atoms with van der Waals surface area (Å²) < 4.78 is 26.1. The number of piperidine rings is 1. The van der Waals surface area contributed by atoms with E-state index in [4.69, 9.17) is 0 Å². The zero-order chi connectivity index (χ0) is 13.0. The molecule has 18 heavy (non-hydrogen) atoms. The van der Waals surface area contributed by atoms with Gasteiger partial charge in [0, 0.05) is 13.6 Å². The summed E-state index contributed by atoms with van der Waals surface area (Å²) in [6.07, 6.45) is 2.10. The molecule has 0 radical (unpaired) electrons. The van der Waals surface area contributed by atoms with Gasteiger partial charge in [0.15, 0.2) is 0 Å². The third-order valence-corrected chi connectivity index (χ3v) is 5.26. The zero-order valence-electron chi connectivity index (χ0n) is 10.7. The van der Waals surface area contributed by atoms with Gasteiger partial charge in [0.2, 0.25) is 10.0 Å². The monoisotopic (exact) mass is 268 g/mol. The third-order valence-electron chi connectivity index (χ3n) is 3.43. The van der Waals surface area contributed by atoms with Crippen LogP contribution in [0.1, 0.15) is 12.8 Å². The Morgan fingerprint density at radius 2 is 1.83 bits per heavy atom. The number of sulfonamides is 1. The van der Waals surface area contributed by atoms with Gasteiger partial charge in [0.25, 0.3) is 0 Å². The Balaban J connectivity index is 2.05. The second-order valence-electron chi connectivity index (χ2n) is 4.79. The van der Waals surface area contributed by atoms with Crippen molar-refractivity contribution in [2.45, 2.75) is 17.7 Å². The molecule has 1 fully saturated rings. The van der Waals surface area contributed by atoms with Gasteiger partial charge in [-0.25, -0.2) is 12.7 Å². The van der Waals surface area contributed by atoms with Crippen molar-refractivity contribution in [1.29, 1.82) is 0 Å². The Kier molecular flexibility index (Phi) is 4.37. The maximum atomic E-state index is 12.3. The minimum absolute atomic E-state index is 0.376. The molecule has 0 amide bonds. The van der Waals surface area contributed by atoms with Crippen LogP contribution in [-0.4, -0.2) is 39.4 Å². The molecule has 1 aromatic rings. The van der Waals surface area contributed by atoms with E-state index in [1.807, 2.05) is 6.07 Å². The Bertz CT molecular complexity index is 467. The van der Waals surface area contributed by atoms with E-state index in [0.29, 0.717) is 17.4 Å². The normalized spacial score (nSPS) is 18.1. The highest BCUT2D eigenvalue weighted by Gasteiger charge is 2.24.